The van der Waals surface area contributed by atoms with E-state index in [1.807, 2.05) is 0 Å². The molecule has 7 heteroatoms. The van der Waals surface area contributed by atoms with Crippen molar-refractivity contribution >= 4 is 11.9 Å². The first-order chi connectivity index (χ1) is 10.6. The highest BCUT2D eigenvalue weighted by Gasteiger charge is 2.40. The van der Waals surface area contributed by atoms with Crippen LogP contribution in [-0.4, -0.2) is 45.2 Å². The molecule has 1 unspecified atom stereocenters. The summed E-state index contributed by atoms with van der Waals surface area (Å²) in [6.07, 6.45) is 8.40. The molecule has 2 fully saturated rings. The predicted molar refractivity (Wildman–Crippen MR) is 76.6 cm³/mol. The first-order valence-electron chi connectivity index (χ1n) is 7.58. The van der Waals surface area contributed by atoms with Crippen molar-refractivity contribution in [2.45, 2.75) is 50.2 Å². The monoisotopic (exact) mass is 305 g/mol. The Morgan fingerprint density at radius 2 is 1.91 bits per heavy atom. The number of hydrogen-bond acceptors (Lipinski definition) is 5. The zero-order chi connectivity index (χ0) is 15.6. The average Bonchev–Trinajstić information content (AvgIpc) is 2.95. The zero-order valence-corrected chi connectivity index (χ0v) is 12.2. The standard InChI is InChI=1S/C15H19N3O4/c19-13(11-8-17-12(9-16-11)14(20)21)18-10-3-6-22-15(7-10)4-1-2-5-15/h8-10H,1-7H2,(H,18,19)(H,20,21). The molecule has 1 amide bonds. The van der Waals surface area contributed by atoms with Gasteiger partial charge in [0.05, 0.1) is 18.0 Å². The fourth-order valence-corrected chi connectivity index (χ4v) is 3.33. The van der Waals surface area contributed by atoms with Gasteiger partial charge in [-0.15, -0.1) is 0 Å². The van der Waals surface area contributed by atoms with Crippen molar-refractivity contribution in [3.05, 3.63) is 23.8 Å². The van der Waals surface area contributed by atoms with E-state index in [4.69, 9.17) is 9.84 Å². The van der Waals surface area contributed by atoms with E-state index < -0.39 is 5.97 Å². The number of nitrogens with one attached hydrogen (secondary N) is 1. The molecule has 3 rings (SSSR count). The maximum atomic E-state index is 12.2. The number of hydrogen-bond donors (Lipinski definition) is 2. The summed E-state index contributed by atoms with van der Waals surface area (Å²) in [5, 5.41) is 11.7. The average molecular weight is 305 g/mol. The molecule has 2 N–H and O–H groups in total. The van der Waals surface area contributed by atoms with Gasteiger partial charge in [0, 0.05) is 12.6 Å². The van der Waals surface area contributed by atoms with Crippen LogP contribution in [0.4, 0.5) is 0 Å². The minimum Gasteiger partial charge on any atom is -0.476 e. The second-order valence-electron chi connectivity index (χ2n) is 5.99. The van der Waals surface area contributed by atoms with Gasteiger partial charge in [-0.1, -0.05) is 12.8 Å². The highest BCUT2D eigenvalue weighted by atomic mass is 16.5. The fourth-order valence-electron chi connectivity index (χ4n) is 3.33. The third kappa shape index (κ3) is 3.09. The highest BCUT2D eigenvalue weighted by Crippen LogP contribution is 2.39. The van der Waals surface area contributed by atoms with E-state index in [-0.39, 0.29) is 28.9 Å². The molecule has 0 radical (unpaired) electrons. The van der Waals surface area contributed by atoms with Crippen LogP contribution >= 0.6 is 0 Å². The molecular formula is C15H19N3O4. The van der Waals surface area contributed by atoms with Crippen LogP contribution in [0.1, 0.15) is 59.5 Å². The Balaban J connectivity index is 1.62. The quantitative estimate of drug-likeness (QED) is 0.875. The lowest BCUT2D eigenvalue weighted by molar-refractivity contribution is -0.0823. The summed E-state index contributed by atoms with van der Waals surface area (Å²) in [6.45, 7) is 0.661. The van der Waals surface area contributed by atoms with Crippen molar-refractivity contribution in [3.63, 3.8) is 0 Å². The Bertz CT molecular complexity index is 567. The first kappa shape index (κ1) is 14.9. The van der Waals surface area contributed by atoms with Gasteiger partial charge in [0.25, 0.3) is 5.91 Å². The predicted octanol–water partition coefficient (Wildman–Crippen LogP) is 1.40. The molecule has 118 valence electrons. The fraction of sp³-hybridized carbons (Fsp3) is 0.600. The molecule has 2 aliphatic rings. The summed E-state index contributed by atoms with van der Waals surface area (Å²) in [7, 11) is 0. The topological polar surface area (TPSA) is 101 Å². The van der Waals surface area contributed by atoms with Crippen molar-refractivity contribution in [1.82, 2.24) is 15.3 Å². The summed E-state index contributed by atoms with van der Waals surface area (Å²) < 4.78 is 5.94. The molecule has 1 atom stereocenters. The number of aromatic carboxylic acids is 1. The molecule has 0 bridgehead atoms. The lowest BCUT2D eigenvalue weighted by Gasteiger charge is -2.38. The van der Waals surface area contributed by atoms with Crippen LogP contribution in [0.15, 0.2) is 12.4 Å². The van der Waals surface area contributed by atoms with E-state index in [9.17, 15) is 9.59 Å². The SMILES string of the molecule is O=C(O)c1cnc(C(=O)NC2CCOC3(CCCC3)C2)cn1. The van der Waals surface area contributed by atoms with Gasteiger partial charge in [-0.25, -0.2) is 14.8 Å². The molecule has 1 aromatic rings. The number of carbonyl (C=O) groups is 2. The maximum Gasteiger partial charge on any atom is 0.356 e. The van der Waals surface area contributed by atoms with E-state index in [0.29, 0.717) is 6.61 Å². The van der Waals surface area contributed by atoms with E-state index in [1.165, 1.54) is 19.0 Å². The van der Waals surface area contributed by atoms with Crippen molar-refractivity contribution in [3.8, 4) is 0 Å². The minimum absolute atomic E-state index is 0.0605. The van der Waals surface area contributed by atoms with E-state index in [1.54, 1.807) is 0 Å². The van der Waals surface area contributed by atoms with Gasteiger partial charge in [0.2, 0.25) is 0 Å². The largest absolute Gasteiger partial charge is 0.476 e. The molecule has 1 saturated carbocycles. The number of carboxylic acids is 1. The van der Waals surface area contributed by atoms with E-state index in [0.717, 1.165) is 31.9 Å². The Kier molecular flexibility index (Phi) is 4.06. The van der Waals surface area contributed by atoms with Crippen LogP contribution in [0.3, 0.4) is 0 Å². The molecule has 0 aromatic carbocycles. The Labute approximate surface area is 128 Å². The van der Waals surface area contributed by atoms with E-state index >= 15 is 0 Å². The first-order valence-corrected chi connectivity index (χ1v) is 7.58. The lowest BCUT2D eigenvalue weighted by atomic mass is 9.89. The van der Waals surface area contributed by atoms with Crippen molar-refractivity contribution < 1.29 is 19.4 Å². The number of carboxylic acid groups (broad SMARTS) is 1. The number of carbonyl (C=O) groups excluding carboxylic acids is 1. The third-order valence-corrected chi connectivity index (χ3v) is 4.45. The molecule has 1 saturated heterocycles. The van der Waals surface area contributed by atoms with Crippen LogP contribution in [0.2, 0.25) is 0 Å². The number of amides is 1. The normalized spacial score (nSPS) is 23.4. The van der Waals surface area contributed by atoms with E-state index in [2.05, 4.69) is 15.3 Å². The Morgan fingerprint density at radius 3 is 2.55 bits per heavy atom. The van der Waals surface area contributed by atoms with Crippen LogP contribution < -0.4 is 5.32 Å². The molecule has 1 aromatic heterocycles. The Hall–Kier alpha value is -2.02. The number of nitrogens with zero attached hydrogens (tertiary/aromatic N) is 2. The van der Waals surface area contributed by atoms with Gasteiger partial charge in [-0.3, -0.25) is 4.79 Å². The van der Waals surface area contributed by atoms with Crippen molar-refractivity contribution in [2.75, 3.05) is 6.61 Å². The molecule has 2 heterocycles. The van der Waals surface area contributed by atoms with Crippen LogP contribution in [-0.2, 0) is 4.74 Å². The molecule has 22 heavy (non-hydrogen) atoms. The Morgan fingerprint density at radius 1 is 1.23 bits per heavy atom. The summed E-state index contributed by atoms with van der Waals surface area (Å²) in [4.78, 5) is 30.5. The maximum absolute atomic E-state index is 12.2. The van der Waals surface area contributed by atoms with Gasteiger partial charge >= 0.3 is 5.97 Å². The molecule has 1 aliphatic heterocycles. The van der Waals surface area contributed by atoms with Gasteiger partial charge in [0.1, 0.15) is 5.69 Å². The third-order valence-electron chi connectivity index (χ3n) is 4.45. The molecule has 1 aliphatic carbocycles. The smallest absolute Gasteiger partial charge is 0.356 e. The van der Waals surface area contributed by atoms with Gasteiger partial charge < -0.3 is 15.2 Å². The van der Waals surface area contributed by atoms with Crippen LogP contribution in [0.25, 0.3) is 0 Å². The molecule has 1 spiro atoms. The second kappa shape index (κ2) is 6.00. The number of ether oxygens (including phenoxy) is 1. The zero-order valence-electron chi connectivity index (χ0n) is 12.2. The molecular weight excluding hydrogens is 286 g/mol. The van der Waals surface area contributed by atoms with Gasteiger partial charge in [-0.2, -0.15) is 0 Å². The lowest BCUT2D eigenvalue weighted by Crippen LogP contribution is -2.47. The summed E-state index contributed by atoms with van der Waals surface area (Å²) in [6, 6.07) is 0.0697. The van der Waals surface area contributed by atoms with Crippen molar-refractivity contribution in [1.29, 1.82) is 0 Å². The minimum atomic E-state index is -1.16. The number of aromatic nitrogens is 2. The summed E-state index contributed by atoms with van der Waals surface area (Å²) >= 11 is 0. The van der Waals surface area contributed by atoms with Gasteiger partial charge in [0.15, 0.2) is 5.69 Å². The van der Waals surface area contributed by atoms with Crippen LogP contribution in [0.5, 0.6) is 0 Å². The van der Waals surface area contributed by atoms with Crippen LogP contribution in [0, 0.1) is 0 Å². The van der Waals surface area contributed by atoms with Crippen molar-refractivity contribution in [2.24, 2.45) is 0 Å². The molecule has 7 nitrogen and oxygen atoms in total. The second-order valence-corrected chi connectivity index (χ2v) is 5.99. The summed E-state index contributed by atoms with van der Waals surface area (Å²) in [5.74, 6) is -1.48. The van der Waals surface area contributed by atoms with Gasteiger partial charge in [-0.05, 0) is 25.7 Å². The summed E-state index contributed by atoms with van der Waals surface area (Å²) in [5.41, 5.74) is -0.0980. The number of rotatable bonds is 3. The highest BCUT2D eigenvalue weighted by molar-refractivity contribution is 5.92.